The third-order valence-corrected chi connectivity index (χ3v) is 4.46. The Kier molecular flexibility index (Phi) is 6.14. The Bertz CT molecular complexity index is 619. The fourth-order valence-electron chi connectivity index (χ4n) is 1.89. The van der Waals surface area contributed by atoms with Crippen molar-refractivity contribution in [2.75, 3.05) is 18.1 Å². The number of urea groups is 1. The van der Waals surface area contributed by atoms with Crippen molar-refractivity contribution in [3.8, 4) is 0 Å². The lowest BCUT2D eigenvalue weighted by atomic mass is 10.1. The van der Waals surface area contributed by atoms with Gasteiger partial charge in [-0.1, -0.05) is 40.2 Å². The molecule has 0 saturated carbocycles. The monoisotopic (exact) mass is 364 g/mol. The Morgan fingerprint density at radius 2 is 2.00 bits per heavy atom. The largest absolute Gasteiger partial charge is 0.338 e. The average molecular weight is 365 g/mol. The van der Waals surface area contributed by atoms with E-state index in [0.717, 1.165) is 21.5 Å². The predicted octanol–water partition coefficient (Wildman–Crippen LogP) is 4.54. The third-order valence-electron chi connectivity index (χ3n) is 2.97. The lowest BCUT2D eigenvalue weighted by Gasteiger charge is -2.09. The number of thioether (sulfide) groups is 1. The van der Waals surface area contributed by atoms with Gasteiger partial charge in [0.05, 0.1) is 0 Å². The SMILES string of the molecule is CSc1cccc(NC(=O)NCCc2ccccc2Br)c1. The molecule has 110 valence electrons. The van der Waals surface area contributed by atoms with Crippen molar-refractivity contribution in [3.63, 3.8) is 0 Å². The van der Waals surface area contributed by atoms with E-state index in [1.165, 1.54) is 5.56 Å². The number of anilines is 1. The predicted molar refractivity (Wildman–Crippen MR) is 93.1 cm³/mol. The van der Waals surface area contributed by atoms with Gasteiger partial charge in [-0.05, 0) is 42.5 Å². The van der Waals surface area contributed by atoms with Crippen LogP contribution in [-0.2, 0) is 6.42 Å². The molecule has 0 spiro atoms. The number of halogens is 1. The molecule has 0 bridgehead atoms. The van der Waals surface area contributed by atoms with E-state index in [0.29, 0.717) is 6.54 Å². The van der Waals surface area contributed by atoms with E-state index in [2.05, 4.69) is 26.6 Å². The van der Waals surface area contributed by atoms with Gasteiger partial charge in [-0.15, -0.1) is 11.8 Å². The number of nitrogens with one attached hydrogen (secondary N) is 2. The molecular formula is C16H17BrN2OS. The van der Waals surface area contributed by atoms with Crippen LogP contribution < -0.4 is 10.6 Å². The van der Waals surface area contributed by atoms with Crippen molar-refractivity contribution in [1.29, 1.82) is 0 Å². The van der Waals surface area contributed by atoms with Crippen LogP contribution in [0.2, 0.25) is 0 Å². The molecule has 2 rings (SSSR count). The van der Waals surface area contributed by atoms with Gasteiger partial charge in [-0.2, -0.15) is 0 Å². The lowest BCUT2D eigenvalue weighted by molar-refractivity contribution is 0.252. The first-order valence-electron chi connectivity index (χ1n) is 6.61. The van der Waals surface area contributed by atoms with Gasteiger partial charge in [0.25, 0.3) is 0 Å². The summed E-state index contributed by atoms with van der Waals surface area (Å²) in [7, 11) is 0. The second-order valence-electron chi connectivity index (χ2n) is 4.45. The minimum atomic E-state index is -0.180. The van der Waals surface area contributed by atoms with Gasteiger partial charge in [-0.25, -0.2) is 4.79 Å². The maximum Gasteiger partial charge on any atom is 0.319 e. The highest BCUT2D eigenvalue weighted by Gasteiger charge is 2.03. The maximum atomic E-state index is 11.8. The fourth-order valence-corrected chi connectivity index (χ4v) is 2.83. The van der Waals surface area contributed by atoms with Crippen molar-refractivity contribution in [3.05, 3.63) is 58.6 Å². The second-order valence-corrected chi connectivity index (χ2v) is 6.19. The highest BCUT2D eigenvalue weighted by molar-refractivity contribution is 9.10. The Morgan fingerprint density at radius 3 is 2.76 bits per heavy atom. The van der Waals surface area contributed by atoms with Crippen molar-refractivity contribution in [2.45, 2.75) is 11.3 Å². The molecule has 0 aromatic heterocycles. The molecule has 2 aromatic rings. The molecule has 0 heterocycles. The van der Waals surface area contributed by atoms with E-state index in [1.54, 1.807) is 11.8 Å². The lowest BCUT2D eigenvalue weighted by Crippen LogP contribution is -2.30. The Hall–Kier alpha value is -1.46. The van der Waals surface area contributed by atoms with E-state index in [4.69, 9.17) is 0 Å². The first-order chi connectivity index (χ1) is 10.2. The summed E-state index contributed by atoms with van der Waals surface area (Å²) in [6, 6.07) is 15.6. The normalized spacial score (nSPS) is 10.2. The highest BCUT2D eigenvalue weighted by Crippen LogP contribution is 2.19. The number of carbonyl (C=O) groups excluding carboxylic acids is 1. The smallest absolute Gasteiger partial charge is 0.319 e. The summed E-state index contributed by atoms with van der Waals surface area (Å²) >= 11 is 5.15. The number of benzene rings is 2. The van der Waals surface area contributed by atoms with Gasteiger partial charge >= 0.3 is 6.03 Å². The van der Waals surface area contributed by atoms with E-state index >= 15 is 0 Å². The van der Waals surface area contributed by atoms with Crippen LogP contribution >= 0.6 is 27.7 Å². The van der Waals surface area contributed by atoms with Crippen LogP contribution in [0.15, 0.2) is 57.9 Å². The van der Waals surface area contributed by atoms with Crippen LogP contribution in [0, 0.1) is 0 Å². The summed E-state index contributed by atoms with van der Waals surface area (Å²) in [5, 5.41) is 5.71. The zero-order valence-corrected chi connectivity index (χ0v) is 14.1. The molecule has 0 aliphatic heterocycles. The molecule has 0 atom stereocenters. The second kappa shape index (κ2) is 8.10. The first-order valence-corrected chi connectivity index (χ1v) is 8.63. The van der Waals surface area contributed by atoms with Crippen molar-refractivity contribution >= 4 is 39.4 Å². The van der Waals surface area contributed by atoms with Crippen LogP contribution in [0.1, 0.15) is 5.56 Å². The van der Waals surface area contributed by atoms with Gasteiger partial charge in [0.1, 0.15) is 0 Å². The summed E-state index contributed by atoms with van der Waals surface area (Å²) in [5.74, 6) is 0. The third kappa shape index (κ3) is 5.10. The average Bonchev–Trinajstić information content (AvgIpc) is 2.49. The van der Waals surface area contributed by atoms with Crippen LogP contribution in [0.5, 0.6) is 0 Å². The molecule has 5 heteroatoms. The van der Waals surface area contributed by atoms with Gasteiger partial charge in [0.2, 0.25) is 0 Å². The Balaban J connectivity index is 1.81. The van der Waals surface area contributed by atoms with Crippen LogP contribution in [-0.4, -0.2) is 18.8 Å². The minimum Gasteiger partial charge on any atom is -0.338 e. The maximum absolute atomic E-state index is 11.8. The number of amides is 2. The molecule has 2 N–H and O–H groups in total. The van der Waals surface area contributed by atoms with E-state index in [1.807, 2.05) is 54.8 Å². The van der Waals surface area contributed by atoms with Gasteiger partial charge in [0.15, 0.2) is 0 Å². The fraction of sp³-hybridized carbons (Fsp3) is 0.188. The van der Waals surface area contributed by atoms with E-state index in [-0.39, 0.29) is 6.03 Å². The zero-order valence-electron chi connectivity index (χ0n) is 11.7. The zero-order chi connectivity index (χ0) is 15.1. The van der Waals surface area contributed by atoms with Crippen molar-refractivity contribution in [1.82, 2.24) is 5.32 Å². The number of hydrogen-bond acceptors (Lipinski definition) is 2. The molecule has 0 aliphatic carbocycles. The molecule has 2 amide bonds. The standard InChI is InChI=1S/C16H17BrN2OS/c1-21-14-7-4-6-13(11-14)19-16(20)18-10-9-12-5-2-3-8-15(12)17/h2-8,11H,9-10H2,1H3,(H2,18,19,20). The summed E-state index contributed by atoms with van der Waals surface area (Å²) in [6.45, 7) is 0.594. The molecule has 0 unspecified atom stereocenters. The van der Waals surface area contributed by atoms with E-state index in [9.17, 15) is 4.79 Å². The molecule has 0 aliphatic rings. The quantitative estimate of drug-likeness (QED) is 0.764. The van der Waals surface area contributed by atoms with Crippen LogP contribution in [0.4, 0.5) is 10.5 Å². The first kappa shape index (κ1) is 15.9. The molecule has 0 saturated heterocycles. The molecule has 2 aromatic carbocycles. The van der Waals surface area contributed by atoms with E-state index < -0.39 is 0 Å². The number of rotatable bonds is 5. The van der Waals surface area contributed by atoms with Crippen LogP contribution in [0.3, 0.4) is 0 Å². The molecule has 21 heavy (non-hydrogen) atoms. The summed E-state index contributed by atoms with van der Waals surface area (Å²) < 4.78 is 1.07. The Labute approximate surface area is 137 Å². The highest BCUT2D eigenvalue weighted by atomic mass is 79.9. The topological polar surface area (TPSA) is 41.1 Å². The summed E-state index contributed by atoms with van der Waals surface area (Å²) in [6.07, 6.45) is 2.80. The molecular weight excluding hydrogens is 348 g/mol. The van der Waals surface area contributed by atoms with Gasteiger partial charge < -0.3 is 10.6 Å². The van der Waals surface area contributed by atoms with Crippen molar-refractivity contribution in [2.24, 2.45) is 0 Å². The van der Waals surface area contributed by atoms with Gasteiger partial charge in [-0.3, -0.25) is 0 Å². The minimum absolute atomic E-state index is 0.180. The van der Waals surface area contributed by atoms with Crippen molar-refractivity contribution < 1.29 is 4.79 Å². The summed E-state index contributed by atoms with van der Waals surface area (Å²) in [5.41, 5.74) is 1.99. The number of carbonyl (C=O) groups is 1. The molecule has 3 nitrogen and oxygen atoms in total. The van der Waals surface area contributed by atoms with Crippen LogP contribution in [0.25, 0.3) is 0 Å². The Morgan fingerprint density at radius 1 is 1.19 bits per heavy atom. The summed E-state index contributed by atoms with van der Waals surface area (Å²) in [4.78, 5) is 13.0. The molecule has 0 radical (unpaired) electrons. The molecule has 0 fully saturated rings. The van der Waals surface area contributed by atoms with Gasteiger partial charge in [0, 0.05) is 21.6 Å². The number of hydrogen-bond donors (Lipinski definition) is 2.